The van der Waals surface area contributed by atoms with Gasteiger partial charge in [0.15, 0.2) is 0 Å². The van der Waals surface area contributed by atoms with Crippen LogP contribution in [0.15, 0.2) is 0 Å². The molecule has 0 fully saturated rings. The van der Waals surface area contributed by atoms with Gasteiger partial charge in [-0.05, 0) is 0 Å². The minimum absolute atomic E-state index is 0. The molecule has 0 aromatic rings. The van der Waals surface area contributed by atoms with E-state index in [-0.39, 0.29) is 134 Å². The number of hydrogen-bond acceptors (Lipinski definition) is 18. The van der Waals surface area contributed by atoms with Crippen LogP contribution in [0.25, 0.3) is 0 Å². The normalized spacial score (nSPS) is 0.800. The van der Waals surface area contributed by atoms with E-state index in [4.69, 9.17) is 180 Å². The van der Waals surface area contributed by atoms with E-state index < -0.39 is 0 Å². The Morgan fingerprint density at radius 2 is 0.200 bits per heavy atom. The maximum Gasteiger partial charge on any atom is 6.00 e. The molecule has 45 heavy (non-hydrogen) atoms. The van der Waals surface area contributed by atoms with Gasteiger partial charge in [-0.15, -0.1) is 0 Å². The Morgan fingerprint density at radius 3 is 0.200 bits per heavy atom. The molecular formula is C20H11Fe7N18-. The molecular weight excluding hydrogens is 883 g/mol. The summed E-state index contributed by atoms with van der Waals surface area (Å²) in [5.41, 5.74) is 0. The average Bonchev–Trinajstić information content (AvgIpc) is 3.13. The summed E-state index contributed by atoms with van der Waals surface area (Å²) in [4.78, 5) is 0. The van der Waals surface area contributed by atoms with Crippen molar-refractivity contribution < 1.29 is 119 Å². The van der Waals surface area contributed by atoms with E-state index in [9.17, 15) is 0 Å². The van der Waals surface area contributed by atoms with Crippen molar-refractivity contribution in [2.75, 3.05) is 0 Å². The van der Waals surface area contributed by atoms with Crippen LogP contribution < -0.4 is 0 Å². The number of nitriles is 5. The second-order valence-corrected chi connectivity index (χ2v) is 0. The SMILES string of the molecule is C#N.C#N.C#N.C#N.C#N.[C-]#N.[C-]#N.[C-]#N.[C-]#N.[C-]#N.[C-]#N.[C-]#N.[C-]#N.[C-]#N.[C-]#N.[C-]#N.[C-]#N.[C-]#N.[CH3-].[CH3-].[Fe+2].[Fe+6].[Fe+6].[Fe].[Fe].[Fe].[Fe]. The Bertz CT molecular complexity index is 377. The van der Waals surface area contributed by atoms with Crippen LogP contribution in [0.1, 0.15) is 0 Å². The second-order valence-electron chi connectivity index (χ2n) is 0. The summed E-state index contributed by atoms with van der Waals surface area (Å²) in [6.45, 7) is 79.2. The molecule has 0 radical (unpaired) electrons. The van der Waals surface area contributed by atoms with Crippen molar-refractivity contribution >= 4 is 0 Å². The molecule has 0 unspecified atom stereocenters. The van der Waals surface area contributed by atoms with E-state index >= 15 is 0 Å². The quantitative estimate of drug-likeness (QED) is 0.249. The van der Waals surface area contributed by atoms with Crippen molar-refractivity contribution in [3.05, 3.63) is 100 Å². The predicted octanol–water partition coefficient (Wildman–Crippen LogP) is 2.83. The van der Waals surface area contributed by atoms with E-state index in [0.29, 0.717) is 0 Å². The maximum atomic E-state index is 6.50. The molecule has 0 N–H and O–H groups in total. The zero-order valence-electron chi connectivity index (χ0n) is 21.9. The van der Waals surface area contributed by atoms with Gasteiger partial charge in [0, 0.05) is 101 Å². The van der Waals surface area contributed by atoms with Crippen LogP contribution in [-0.2, 0) is 119 Å². The van der Waals surface area contributed by atoms with Gasteiger partial charge in [-0.3, -0.25) is 0 Å². The van der Waals surface area contributed by atoms with Crippen molar-refractivity contribution in [2.24, 2.45) is 0 Å². The monoisotopic (exact) mass is 895 g/mol. The Balaban J connectivity index is -0.00000000301. The van der Waals surface area contributed by atoms with Crippen molar-refractivity contribution in [1.29, 1.82) is 94.7 Å². The Labute approximate surface area is 344 Å². The summed E-state index contributed by atoms with van der Waals surface area (Å²) >= 11 is 0. The zero-order chi connectivity index (χ0) is 36.0. The van der Waals surface area contributed by atoms with Crippen molar-refractivity contribution in [1.82, 2.24) is 0 Å². The van der Waals surface area contributed by atoms with Crippen molar-refractivity contribution in [2.45, 2.75) is 0 Å². The summed E-state index contributed by atoms with van der Waals surface area (Å²) in [6.07, 6.45) is 0. The molecule has 0 aliphatic rings. The topological polar surface area (TPSA) is 428 Å². The van der Waals surface area contributed by atoms with Crippen LogP contribution in [0, 0.1) is 228 Å². The summed E-state index contributed by atoms with van der Waals surface area (Å²) in [5, 5.41) is 114. The average molecular weight is 894 g/mol. The summed E-state index contributed by atoms with van der Waals surface area (Å²) in [5.74, 6) is 0. The zero-order valence-corrected chi connectivity index (χ0v) is 29.6. The van der Waals surface area contributed by atoms with Gasteiger partial charge < -0.3 is 169 Å². The molecule has 0 heterocycles. The van der Waals surface area contributed by atoms with Gasteiger partial charge >= 0.3 is 51.2 Å². The van der Waals surface area contributed by atoms with Gasteiger partial charge in [-0.25, -0.2) is 26.3 Å². The van der Waals surface area contributed by atoms with E-state index in [2.05, 4.69) is 32.9 Å². The smallest absolute Gasteiger partial charge is 0.512 e. The molecule has 0 aliphatic heterocycles. The van der Waals surface area contributed by atoms with Gasteiger partial charge in [0.25, 0.3) is 0 Å². The largest absolute Gasteiger partial charge is 6.00 e. The van der Waals surface area contributed by atoms with Crippen LogP contribution in [0.5, 0.6) is 0 Å². The first kappa shape index (κ1) is 376. The number of nitrogens with zero attached hydrogens (tertiary/aromatic N) is 18. The van der Waals surface area contributed by atoms with Crippen molar-refractivity contribution in [3.63, 3.8) is 0 Å². The predicted molar refractivity (Wildman–Crippen MR) is 111 cm³/mol. The standard InChI is InChI=1S/5CHN.13CN.2CH3.7Fe/c18*1-2;;;;;;;;;/h5*1H;;;;;;;;;;;;;;2*1H3;;;;;;;/q;;;;;15*-1;;;;;+2;2*+6. The minimum atomic E-state index is 0. The first-order chi connectivity index (χ1) is 18.0. The number of hydrogen-bond donors (Lipinski definition) is 0. The minimum Gasteiger partial charge on any atom is -0.512 e. The van der Waals surface area contributed by atoms with E-state index in [1.807, 2.05) is 0 Å². The van der Waals surface area contributed by atoms with Crippen LogP contribution >= 0.6 is 0 Å². The van der Waals surface area contributed by atoms with E-state index in [0.717, 1.165) is 0 Å². The first-order valence-corrected chi connectivity index (χ1v) is 4.20. The molecule has 0 spiro atoms. The summed E-state index contributed by atoms with van der Waals surface area (Å²) < 4.78 is 0. The summed E-state index contributed by atoms with van der Waals surface area (Å²) in [6, 6.07) is 0. The second kappa shape index (κ2) is 1760. The van der Waals surface area contributed by atoms with Crippen LogP contribution in [0.2, 0.25) is 0 Å². The van der Waals surface area contributed by atoms with Gasteiger partial charge in [0.1, 0.15) is 0 Å². The molecule has 0 aromatic carbocycles. The number of rotatable bonds is 0. The molecule has 0 aromatic heterocycles. The maximum absolute atomic E-state index is 6.50. The molecule has 0 atom stereocenters. The Morgan fingerprint density at radius 1 is 0.200 bits per heavy atom. The van der Waals surface area contributed by atoms with E-state index in [1.165, 1.54) is 0 Å². The van der Waals surface area contributed by atoms with Gasteiger partial charge in [-0.1, -0.05) is 0 Å². The summed E-state index contributed by atoms with van der Waals surface area (Å²) in [7, 11) is 0. The van der Waals surface area contributed by atoms with Gasteiger partial charge in [-0.2, -0.15) is 0 Å². The van der Waals surface area contributed by atoms with Gasteiger partial charge in [0.05, 0.1) is 0 Å². The third kappa shape index (κ3) is 1660. The van der Waals surface area contributed by atoms with Crippen LogP contribution in [0.4, 0.5) is 0 Å². The molecule has 0 aliphatic carbocycles. The van der Waals surface area contributed by atoms with Gasteiger partial charge in [0.2, 0.25) is 0 Å². The Hall–Kier alpha value is -5.54. The van der Waals surface area contributed by atoms with Crippen molar-refractivity contribution in [3.8, 4) is 32.9 Å². The first-order valence-electron chi connectivity index (χ1n) is 4.20. The molecule has 0 bridgehead atoms. The molecule has 0 amide bonds. The fourth-order valence-electron chi connectivity index (χ4n) is 0. The molecule has 25 heteroatoms. The van der Waals surface area contributed by atoms with Crippen LogP contribution in [0.3, 0.4) is 0 Å². The molecule has 238 valence electrons. The third-order valence-electron chi connectivity index (χ3n) is 0. The molecule has 18 nitrogen and oxygen atoms in total. The molecule has 0 rings (SSSR count). The van der Waals surface area contributed by atoms with E-state index in [1.54, 1.807) is 0 Å². The fourth-order valence-corrected chi connectivity index (χ4v) is 0. The van der Waals surface area contributed by atoms with Crippen LogP contribution in [-0.4, -0.2) is 0 Å². The molecule has 0 saturated carbocycles. The fraction of sp³-hybridized carbons (Fsp3) is 0. The third-order valence-corrected chi connectivity index (χ3v) is 0. The molecule has 0 saturated heterocycles. The Kier molecular flexibility index (Phi) is 14700.